The number of hydrogen-bond donors (Lipinski definition) is 1. The van der Waals surface area contributed by atoms with Gasteiger partial charge in [-0.1, -0.05) is 6.92 Å². The van der Waals surface area contributed by atoms with Crippen LogP contribution in [0, 0.1) is 12.8 Å². The van der Waals surface area contributed by atoms with Crippen molar-refractivity contribution in [2.75, 3.05) is 25.0 Å². The van der Waals surface area contributed by atoms with Crippen LogP contribution in [0.2, 0.25) is 0 Å². The van der Waals surface area contributed by atoms with Crippen molar-refractivity contribution < 1.29 is 9.53 Å². The fourth-order valence-electron chi connectivity index (χ4n) is 4.10. The predicted octanol–water partition coefficient (Wildman–Crippen LogP) is 2.30. The third kappa shape index (κ3) is 4.40. The van der Waals surface area contributed by atoms with E-state index in [2.05, 4.69) is 25.3 Å². The number of hydrogen-bond acceptors (Lipinski definition) is 8. The number of aromatic nitrogens is 6. The van der Waals surface area contributed by atoms with E-state index >= 15 is 0 Å². The Balaban J connectivity index is 1.54. The summed E-state index contributed by atoms with van der Waals surface area (Å²) < 4.78 is 7.76. The van der Waals surface area contributed by atoms with Gasteiger partial charge in [-0.3, -0.25) is 4.79 Å². The lowest BCUT2D eigenvalue weighted by Gasteiger charge is -2.36. The summed E-state index contributed by atoms with van der Waals surface area (Å²) in [5.41, 5.74) is 2.22. The van der Waals surface area contributed by atoms with Crippen LogP contribution in [0.1, 0.15) is 33.5 Å². The topological polar surface area (TPSA) is 111 Å². The van der Waals surface area contributed by atoms with Crippen LogP contribution < -0.4 is 5.32 Å². The number of anilines is 1. The zero-order valence-electron chi connectivity index (χ0n) is 19.2. The standard InChI is InChI=1S/C22H30N8O2/c1-6-30-20(17-8-23-16(5)24-9-17)28-18-19(26-12-27-21(18)30)25-7-13(2)22(31)29-10-14(3)32-15(4)11-29/h8-9,12-15H,6-7,10-11H2,1-5H3,(H,25,26,27)/t13-,14-,15+/m0/s1. The van der Waals surface area contributed by atoms with Gasteiger partial charge in [-0.05, 0) is 27.7 Å². The quantitative estimate of drug-likeness (QED) is 0.624. The number of rotatable bonds is 6. The third-order valence-electron chi connectivity index (χ3n) is 5.62. The summed E-state index contributed by atoms with van der Waals surface area (Å²) in [4.78, 5) is 37.1. The second-order valence-electron chi connectivity index (χ2n) is 8.38. The normalized spacial score (nSPS) is 19.8. The zero-order chi connectivity index (χ0) is 22.8. The Bertz CT molecular complexity index is 1090. The van der Waals surface area contributed by atoms with Crippen LogP contribution in [0.5, 0.6) is 0 Å². The Kier molecular flexibility index (Phi) is 6.31. The zero-order valence-corrected chi connectivity index (χ0v) is 19.2. The van der Waals surface area contributed by atoms with Crippen LogP contribution in [0.3, 0.4) is 0 Å². The van der Waals surface area contributed by atoms with E-state index in [0.717, 1.165) is 17.0 Å². The van der Waals surface area contributed by atoms with Crippen LogP contribution in [0.4, 0.5) is 5.82 Å². The summed E-state index contributed by atoms with van der Waals surface area (Å²) in [7, 11) is 0. The van der Waals surface area contributed by atoms with Crippen LogP contribution in [0.25, 0.3) is 22.6 Å². The van der Waals surface area contributed by atoms with Gasteiger partial charge in [0.05, 0.1) is 23.7 Å². The van der Waals surface area contributed by atoms with E-state index < -0.39 is 0 Å². The smallest absolute Gasteiger partial charge is 0.227 e. The van der Waals surface area contributed by atoms with E-state index in [1.165, 1.54) is 6.33 Å². The number of carbonyl (C=O) groups is 1. The SMILES string of the molecule is CCn1c(-c2cnc(C)nc2)nc2c(NC[C@H](C)C(=O)N3C[C@@H](C)O[C@@H](C)C3)ncnc21. The molecule has 0 saturated carbocycles. The summed E-state index contributed by atoms with van der Waals surface area (Å²) in [6.07, 6.45) is 5.15. The molecule has 0 aliphatic carbocycles. The molecule has 1 fully saturated rings. The van der Waals surface area contributed by atoms with Gasteiger partial charge in [-0.25, -0.2) is 24.9 Å². The minimum atomic E-state index is -0.212. The number of fused-ring (bicyclic) bond motifs is 1. The monoisotopic (exact) mass is 438 g/mol. The average molecular weight is 439 g/mol. The van der Waals surface area contributed by atoms with E-state index in [-0.39, 0.29) is 24.0 Å². The lowest BCUT2D eigenvalue weighted by molar-refractivity contribution is -0.146. The minimum Gasteiger partial charge on any atom is -0.372 e. The summed E-state index contributed by atoms with van der Waals surface area (Å²) in [5.74, 6) is 1.96. The molecule has 10 nitrogen and oxygen atoms in total. The Morgan fingerprint density at radius 1 is 1.19 bits per heavy atom. The molecule has 0 spiro atoms. The van der Waals surface area contributed by atoms with Gasteiger partial charge in [0.1, 0.15) is 18.0 Å². The van der Waals surface area contributed by atoms with Gasteiger partial charge in [-0.2, -0.15) is 0 Å². The first-order valence-electron chi connectivity index (χ1n) is 11.1. The Labute approximate surface area is 187 Å². The molecule has 0 unspecified atom stereocenters. The molecule has 1 amide bonds. The molecule has 32 heavy (non-hydrogen) atoms. The van der Waals surface area contributed by atoms with Crippen LogP contribution in [0.15, 0.2) is 18.7 Å². The van der Waals surface area contributed by atoms with Crippen molar-refractivity contribution in [3.05, 3.63) is 24.5 Å². The van der Waals surface area contributed by atoms with Gasteiger partial charge in [0.25, 0.3) is 0 Å². The first-order chi connectivity index (χ1) is 15.4. The molecule has 170 valence electrons. The lowest BCUT2D eigenvalue weighted by Crippen LogP contribution is -2.50. The van der Waals surface area contributed by atoms with Crippen molar-refractivity contribution in [1.29, 1.82) is 0 Å². The highest BCUT2D eigenvalue weighted by Gasteiger charge is 2.29. The number of nitrogens with one attached hydrogen (secondary N) is 1. The summed E-state index contributed by atoms with van der Waals surface area (Å²) in [6.45, 7) is 12.2. The maximum Gasteiger partial charge on any atom is 0.227 e. The highest BCUT2D eigenvalue weighted by Crippen LogP contribution is 2.26. The van der Waals surface area contributed by atoms with Crippen molar-refractivity contribution in [3.8, 4) is 11.4 Å². The fraction of sp³-hybridized carbons (Fsp3) is 0.545. The number of aryl methyl sites for hydroxylation is 2. The van der Waals surface area contributed by atoms with Crippen LogP contribution >= 0.6 is 0 Å². The predicted molar refractivity (Wildman–Crippen MR) is 121 cm³/mol. The van der Waals surface area contributed by atoms with E-state index in [1.807, 2.05) is 44.1 Å². The molecule has 1 aliphatic heterocycles. The van der Waals surface area contributed by atoms with E-state index in [0.29, 0.717) is 43.3 Å². The first kappa shape index (κ1) is 22.1. The summed E-state index contributed by atoms with van der Waals surface area (Å²) in [6, 6.07) is 0. The van der Waals surface area contributed by atoms with E-state index in [9.17, 15) is 4.79 Å². The first-order valence-corrected chi connectivity index (χ1v) is 11.1. The van der Waals surface area contributed by atoms with Crippen molar-refractivity contribution >= 4 is 22.9 Å². The Morgan fingerprint density at radius 2 is 1.88 bits per heavy atom. The largest absolute Gasteiger partial charge is 0.372 e. The second kappa shape index (κ2) is 9.15. The van der Waals surface area contributed by atoms with E-state index in [4.69, 9.17) is 9.72 Å². The Morgan fingerprint density at radius 3 is 2.53 bits per heavy atom. The highest BCUT2D eigenvalue weighted by molar-refractivity contribution is 5.86. The number of ether oxygens (including phenoxy) is 1. The van der Waals surface area contributed by atoms with Crippen molar-refractivity contribution in [3.63, 3.8) is 0 Å². The molecule has 0 bridgehead atoms. The average Bonchev–Trinajstić information content (AvgIpc) is 3.16. The van der Waals surface area contributed by atoms with Crippen molar-refractivity contribution in [2.45, 2.75) is 53.4 Å². The van der Waals surface area contributed by atoms with Crippen LogP contribution in [-0.4, -0.2) is 72.1 Å². The molecule has 1 aliphatic rings. The molecule has 0 aromatic carbocycles. The fourth-order valence-corrected chi connectivity index (χ4v) is 4.10. The van der Waals surface area contributed by atoms with Gasteiger partial charge in [0, 0.05) is 38.6 Å². The molecule has 3 atom stereocenters. The summed E-state index contributed by atoms with van der Waals surface area (Å²) in [5, 5.41) is 3.32. The number of nitrogens with zero attached hydrogens (tertiary/aromatic N) is 7. The lowest BCUT2D eigenvalue weighted by atomic mass is 10.1. The maximum atomic E-state index is 13.0. The molecule has 10 heteroatoms. The van der Waals surface area contributed by atoms with Gasteiger partial charge in [0.2, 0.25) is 5.91 Å². The van der Waals surface area contributed by atoms with Crippen LogP contribution in [-0.2, 0) is 16.1 Å². The number of amides is 1. The molecular weight excluding hydrogens is 408 g/mol. The number of imidazole rings is 1. The van der Waals surface area contributed by atoms with Crippen molar-refractivity contribution in [2.24, 2.45) is 5.92 Å². The second-order valence-corrected chi connectivity index (χ2v) is 8.38. The van der Waals surface area contributed by atoms with Gasteiger partial charge in [0.15, 0.2) is 17.0 Å². The number of morpholine rings is 1. The molecule has 3 aromatic rings. The molecular formula is C22H30N8O2. The molecule has 4 heterocycles. The molecule has 1 saturated heterocycles. The van der Waals surface area contributed by atoms with Gasteiger partial charge in [-0.15, -0.1) is 0 Å². The molecule has 3 aromatic heterocycles. The number of carbonyl (C=O) groups excluding carboxylic acids is 1. The van der Waals surface area contributed by atoms with E-state index in [1.54, 1.807) is 12.4 Å². The molecule has 4 rings (SSSR count). The maximum absolute atomic E-state index is 13.0. The highest BCUT2D eigenvalue weighted by atomic mass is 16.5. The van der Waals surface area contributed by atoms with Gasteiger partial charge < -0.3 is 19.5 Å². The molecule has 1 N–H and O–H groups in total. The summed E-state index contributed by atoms with van der Waals surface area (Å²) >= 11 is 0. The Hall–Kier alpha value is -3.14. The van der Waals surface area contributed by atoms with Crippen molar-refractivity contribution in [1.82, 2.24) is 34.4 Å². The van der Waals surface area contributed by atoms with Gasteiger partial charge >= 0.3 is 0 Å². The minimum absolute atomic E-state index is 0.0477. The molecule has 0 radical (unpaired) electrons. The third-order valence-corrected chi connectivity index (χ3v) is 5.62.